The van der Waals surface area contributed by atoms with Crippen LogP contribution in [0.2, 0.25) is 0 Å². The van der Waals surface area contributed by atoms with Gasteiger partial charge in [-0.2, -0.15) is 0 Å². The molecule has 1 aliphatic rings. The number of imidazole rings is 1. The normalized spacial score (nSPS) is 14.5. The van der Waals surface area contributed by atoms with Crippen LogP contribution in [0.1, 0.15) is 56.5 Å². The fourth-order valence-corrected chi connectivity index (χ4v) is 4.77. The number of hydrogen-bond acceptors (Lipinski definition) is 6. The van der Waals surface area contributed by atoms with Crippen LogP contribution in [-0.2, 0) is 4.79 Å². The third kappa shape index (κ3) is 5.13. The van der Waals surface area contributed by atoms with Crippen LogP contribution in [0.3, 0.4) is 0 Å². The number of ether oxygens (including phenoxy) is 1. The Bertz CT molecular complexity index is 922. The van der Waals surface area contributed by atoms with Crippen LogP contribution in [0.25, 0.3) is 0 Å². The first-order chi connectivity index (χ1) is 14.4. The molecule has 1 saturated carbocycles. The molecule has 0 aliphatic heterocycles. The molecule has 0 bridgehead atoms. The average molecular weight is 433 g/mol. The van der Waals surface area contributed by atoms with Gasteiger partial charge in [-0.25, -0.2) is 4.98 Å². The number of nitro groups is 1. The molecule has 3 rings (SSSR count). The van der Waals surface area contributed by atoms with Crippen LogP contribution < -0.4 is 10.1 Å². The fraction of sp³-hybridized carbons (Fsp3) is 0.524. The molecule has 9 heteroatoms. The molecular formula is C21H28N4O4S. The number of rotatable bonds is 8. The number of carbonyl (C=O) groups is 1. The Hall–Kier alpha value is -2.55. The maximum absolute atomic E-state index is 12.5. The highest BCUT2D eigenvalue weighted by Gasteiger charge is 2.23. The van der Waals surface area contributed by atoms with E-state index in [1.54, 1.807) is 13.0 Å². The monoisotopic (exact) mass is 432 g/mol. The molecule has 1 amide bonds. The molecule has 1 aromatic heterocycles. The van der Waals surface area contributed by atoms with Gasteiger partial charge in [0.05, 0.1) is 29.0 Å². The third-order valence-electron chi connectivity index (χ3n) is 5.38. The van der Waals surface area contributed by atoms with E-state index in [4.69, 9.17) is 4.74 Å². The lowest BCUT2D eigenvalue weighted by molar-refractivity contribution is -0.384. The number of anilines is 1. The molecule has 162 valence electrons. The number of nitrogens with one attached hydrogen (secondary N) is 1. The lowest BCUT2D eigenvalue weighted by Gasteiger charge is -2.26. The van der Waals surface area contributed by atoms with Crippen molar-refractivity contribution in [3.63, 3.8) is 0 Å². The molecule has 1 fully saturated rings. The van der Waals surface area contributed by atoms with Gasteiger partial charge < -0.3 is 14.6 Å². The van der Waals surface area contributed by atoms with Crippen molar-refractivity contribution in [2.75, 3.05) is 17.7 Å². The Morgan fingerprint density at radius 3 is 2.73 bits per heavy atom. The minimum Gasteiger partial charge on any atom is -0.494 e. The Balaban J connectivity index is 1.70. The smallest absolute Gasteiger partial charge is 0.296 e. The van der Waals surface area contributed by atoms with E-state index in [0.717, 1.165) is 29.4 Å². The van der Waals surface area contributed by atoms with Gasteiger partial charge in [-0.05, 0) is 45.7 Å². The van der Waals surface area contributed by atoms with E-state index in [9.17, 15) is 14.9 Å². The molecule has 0 radical (unpaired) electrons. The lowest BCUT2D eigenvalue weighted by Crippen LogP contribution is -2.18. The number of thioether (sulfide) groups is 1. The van der Waals surface area contributed by atoms with E-state index in [2.05, 4.69) is 21.8 Å². The first-order valence-corrected chi connectivity index (χ1v) is 11.3. The first-order valence-electron chi connectivity index (χ1n) is 10.3. The van der Waals surface area contributed by atoms with E-state index in [1.807, 2.05) is 6.92 Å². The Kier molecular flexibility index (Phi) is 7.36. The molecule has 30 heavy (non-hydrogen) atoms. The number of nitrogens with zero attached hydrogens (tertiary/aromatic N) is 3. The second kappa shape index (κ2) is 9.97. The summed E-state index contributed by atoms with van der Waals surface area (Å²) in [7, 11) is 0. The summed E-state index contributed by atoms with van der Waals surface area (Å²) in [6.45, 7) is 6.28. The largest absolute Gasteiger partial charge is 0.494 e. The maximum atomic E-state index is 12.5. The van der Waals surface area contributed by atoms with Gasteiger partial charge in [0.1, 0.15) is 11.4 Å². The molecule has 8 nitrogen and oxygen atoms in total. The van der Waals surface area contributed by atoms with E-state index in [0.29, 0.717) is 18.4 Å². The Morgan fingerprint density at radius 2 is 2.07 bits per heavy atom. The predicted molar refractivity (Wildman–Crippen MR) is 117 cm³/mol. The maximum Gasteiger partial charge on any atom is 0.296 e. The Labute approximate surface area is 180 Å². The van der Waals surface area contributed by atoms with Gasteiger partial charge in [-0.1, -0.05) is 31.0 Å². The quantitative estimate of drug-likeness (QED) is 0.356. The third-order valence-corrected chi connectivity index (χ3v) is 6.33. The van der Waals surface area contributed by atoms with Crippen LogP contribution >= 0.6 is 11.8 Å². The minimum absolute atomic E-state index is 0.132. The van der Waals surface area contributed by atoms with Crippen molar-refractivity contribution in [2.24, 2.45) is 0 Å². The van der Waals surface area contributed by atoms with Crippen molar-refractivity contribution in [1.29, 1.82) is 0 Å². The van der Waals surface area contributed by atoms with Crippen LogP contribution in [0, 0.1) is 24.0 Å². The summed E-state index contributed by atoms with van der Waals surface area (Å²) < 4.78 is 7.58. The molecule has 1 aliphatic carbocycles. The van der Waals surface area contributed by atoms with Crippen molar-refractivity contribution in [1.82, 2.24) is 9.55 Å². The molecule has 1 heterocycles. The summed E-state index contributed by atoms with van der Waals surface area (Å²) in [6, 6.07) is 4.87. The predicted octanol–water partition coefficient (Wildman–Crippen LogP) is 5.04. The number of hydrogen-bond donors (Lipinski definition) is 1. The van der Waals surface area contributed by atoms with E-state index < -0.39 is 4.92 Å². The summed E-state index contributed by atoms with van der Waals surface area (Å²) in [5.74, 6) is 0.227. The number of benzene rings is 1. The van der Waals surface area contributed by atoms with Crippen LogP contribution in [0.4, 0.5) is 11.4 Å². The fourth-order valence-electron chi connectivity index (χ4n) is 3.81. The zero-order valence-electron chi connectivity index (χ0n) is 17.6. The molecule has 2 aromatic rings. The minimum atomic E-state index is -0.520. The van der Waals surface area contributed by atoms with Crippen LogP contribution in [0.15, 0.2) is 23.4 Å². The molecule has 0 unspecified atom stereocenters. The van der Waals surface area contributed by atoms with Gasteiger partial charge in [0.2, 0.25) is 5.91 Å². The molecule has 1 aromatic carbocycles. The molecule has 0 atom stereocenters. The second-order valence-corrected chi connectivity index (χ2v) is 8.38. The van der Waals surface area contributed by atoms with Gasteiger partial charge in [0.15, 0.2) is 5.16 Å². The number of aryl methyl sites for hydroxylation is 1. The highest BCUT2D eigenvalue weighted by atomic mass is 32.2. The topological polar surface area (TPSA) is 99.3 Å². The number of amides is 1. The van der Waals surface area contributed by atoms with Crippen molar-refractivity contribution in [3.05, 3.63) is 39.7 Å². The van der Waals surface area contributed by atoms with Crippen LogP contribution in [-0.4, -0.2) is 32.7 Å². The second-order valence-electron chi connectivity index (χ2n) is 7.43. The lowest BCUT2D eigenvalue weighted by atomic mass is 9.95. The van der Waals surface area contributed by atoms with Crippen molar-refractivity contribution in [3.8, 4) is 5.75 Å². The number of nitro benzene ring substituents is 1. The summed E-state index contributed by atoms with van der Waals surface area (Å²) in [5, 5.41) is 14.9. The molecular weight excluding hydrogens is 404 g/mol. The summed E-state index contributed by atoms with van der Waals surface area (Å²) >= 11 is 1.37. The zero-order chi connectivity index (χ0) is 21.7. The molecule has 0 spiro atoms. The standard InChI is InChI=1S/C21H28N4O4S/c1-4-29-17-10-11-18(19(12-17)25(27)28)23-20(26)13-30-21-22-14(2)15(3)24(21)16-8-6-5-7-9-16/h10-12,16H,4-9,13H2,1-3H3,(H,23,26). The van der Waals surface area contributed by atoms with Crippen molar-refractivity contribution in [2.45, 2.75) is 64.1 Å². The highest BCUT2D eigenvalue weighted by Crippen LogP contribution is 2.34. The van der Waals surface area contributed by atoms with Crippen molar-refractivity contribution < 1.29 is 14.5 Å². The molecule has 1 N–H and O–H groups in total. The van der Waals surface area contributed by atoms with Gasteiger partial charge in [-0.3, -0.25) is 14.9 Å². The molecule has 0 saturated heterocycles. The summed E-state index contributed by atoms with van der Waals surface area (Å²) in [5.41, 5.74) is 2.10. The van der Waals surface area contributed by atoms with Gasteiger partial charge >= 0.3 is 0 Å². The van der Waals surface area contributed by atoms with E-state index >= 15 is 0 Å². The SMILES string of the molecule is CCOc1ccc(NC(=O)CSc2nc(C)c(C)n2C2CCCCC2)c([N+](=O)[O-])c1. The van der Waals surface area contributed by atoms with E-state index in [1.165, 1.54) is 43.2 Å². The van der Waals surface area contributed by atoms with Crippen LogP contribution in [0.5, 0.6) is 5.75 Å². The van der Waals surface area contributed by atoms with E-state index in [-0.39, 0.29) is 23.0 Å². The summed E-state index contributed by atoms with van der Waals surface area (Å²) in [6.07, 6.45) is 5.97. The number of aromatic nitrogens is 2. The van der Waals surface area contributed by atoms with Gasteiger partial charge in [0.25, 0.3) is 5.69 Å². The first kappa shape index (κ1) is 22.1. The Morgan fingerprint density at radius 1 is 1.33 bits per heavy atom. The van der Waals surface area contributed by atoms with Crippen molar-refractivity contribution >= 4 is 29.0 Å². The number of carbonyl (C=O) groups excluding carboxylic acids is 1. The zero-order valence-corrected chi connectivity index (χ0v) is 18.5. The average Bonchev–Trinajstić information content (AvgIpc) is 3.02. The van der Waals surface area contributed by atoms with Gasteiger partial charge in [0, 0.05) is 11.7 Å². The summed E-state index contributed by atoms with van der Waals surface area (Å²) in [4.78, 5) is 28.1. The highest BCUT2D eigenvalue weighted by molar-refractivity contribution is 7.99. The van der Waals surface area contributed by atoms with Gasteiger partial charge in [-0.15, -0.1) is 0 Å².